The van der Waals surface area contributed by atoms with Gasteiger partial charge in [-0.1, -0.05) is 48.0 Å². The summed E-state index contributed by atoms with van der Waals surface area (Å²) in [6, 6.07) is 17.1. The average molecular weight is 378 g/mol. The molecule has 0 aliphatic rings. The molecule has 1 N–H and O–H groups in total. The predicted octanol–water partition coefficient (Wildman–Crippen LogP) is 3.82. The first-order valence-electron chi connectivity index (χ1n) is 9.01. The molecule has 0 unspecified atom stereocenters. The Bertz CT molecular complexity index is 962. The molecule has 6 nitrogen and oxygen atoms in total. The molecular weight excluding hydrogens is 356 g/mol. The molecule has 0 spiro atoms. The van der Waals surface area contributed by atoms with E-state index in [0.29, 0.717) is 18.2 Å². The van der Waals surface area contributed by atoms with Crippen molar-refractivity contribution in [2.24, 2.45) is 0 Å². The van der Waals surface area contributed by atoms with Crippen LogP contribution in [0.25, 0.3) is 11.5 Å². The summed E-state index contributed by atoms with van der Waals surface area (Å²) >= 11 is 0. The van der Waals surface area contributed by atoms with Crippen LogP contribution in [0.3, 0.4) is 0 Å². The van der Waals surface area contributed by atoms with Crippen molar-refractivity contribution < 1.29 is 18.7 Å². The quantitative estimate of drug-likeness (QED) is 0.660. The Morgan fingerprint density at radius 1 is 1.07 bits per heavy atom. The molecule has 0 aliphatic carbocycles. The third kappa shape index (κ3) is 4.65. The molecule has 0 aliphatic heterocycles. The van der Waals surface area contributed by atoms with E-state index in [1.165, 1.54) is 6.92 Å². The molecule has 1 aromatic heterocycles. The van der Waals surface area contributed by atoms with Crippen molar-refractivity contribution in [2.75, 3.05) is 0 Å². The van der Waals surface area contributed by atoms with E-state index in [9.17, 15) is 9.59 Å². The van der Waals surface area contributed by atoms with Crippen molar-refractivity contribution in [3.8, 4) is 11.5 Å². The van der Waals surface area contributed by atoms with Crippen molar-refractivity contribution in [3.63, 3.8) is 0 Å². The number of hydrogen-bond acceptors (Lipinski definition) is 5. The topological polar surface area (TPSA) is 81.4 Å². The van der Waals surface area contributed by atoms with Gasteiger partial charge in [-0.2, -0.15) is 0 Å². The average Bonchev–Trinajstić information content (AvgIpc) is 3.09. The zero-order valence-corrected chi connectivity index (χ0v) is 16.1. The van der Waals surface area contributed by atoms with E-state index in [2.05, 4.69) is 10.3 Å². The molecule has 2 aromatic carbocycles. The van der Waals surface area contributed by atoms with Gasteiger partial charge in [-0.3, -0.25) is 4.79 Å². The van der Waals surface area contributed by atoms with Gasteiger partial charge in [-0.05, 0) is 38.5 Å². The highest BCUT2D eigenvalue weighted by molar-refractivity contribution is 5.91. The van der Waals surface area contributed by atoms with Gasteiger partial charge in [0.2, 0.25) is 5.89 Å². The maximum Gasteiger partial charge on any atom is 0.361 e. The highest BCUT2D eigenvalue weighted by Crippen LogP contribution is 2.22. The van der Waals surface area contributed by atoms with Crippen LogP contribution in [0.15, 0.2) is 59.0 Å². The van der Waals surface area contributed by atoms with Crippen LogP contribution in [0.5, 0.6) is 0 Å². The maximum absolute atomic E-state index is 12.4. The zero-order chi connectivity index (χ0) is 20.1. The molecule has 0 bridgehead atoms. The summed E-state index contributed by atoms with van der Waals surface area (Å²) in [7, 11) is 0. The van der Waals surface area contributed by atoms with Crippen LogP contribution >= 0.6 is 0 Å². The zero-order valence-electron chi connectivity index (χ0n) is 16.1. The molecule has 1 atom stereocenters. The predicted molar refractivity (Wildman–Crippen MR) is 105 cm³/mol. The highest BCUT2D eigenvalue weighted by atomic mass is 16.5. The Kier molecular flexibility index (Phi) is 5.89. The number of esters is 1. The first-order valence-corrected chi connectivity index (χ1v) is 9.01. The molecular formula is C22H22N2O4. The van der Waals surface area contributed by atoms with Crippen LogP contribution in [0.1, 0.15) is 34.3 Å². The van der Waals surface area contributed by atoms with E-state index in [1.807, 2.05) is 61.5 Å². The van der Waals surface area contributed by atoms with Gasteiger partial charge < -0.3 is 14.5 Å². The molecule has 1 amide bonds. The van der Waals surface area contributed by atoms with E-state index in [-0.39, 0.29) is 11.6 Å². The monoisotopic (exact) mass is 378 g/mol. The van der Waals surface area contributed by atoms with E-state index in [0.717, 1.165) is 16.7 Å². The summed E-state index contributed by atoms with van der Waals surface area (Å²) < 4.78 is 10.8. The number of nitrogens with one attached hydrogen (secondary N) is 1. The van der Waals surface area contributed by atoms with Crippen LogP contribution in [0.2, 0.25) is 0 Å². The highest BCUT2D eigenvalue weighted by Gasteiger charge is 2.24. The Morgan fingerprint density at radius 3 is 2.43 bits per heavy atom. The van der Waals surface area contributed by atoms with E-state index < -0.39 is 12.1 Å². The molecule has 0 fully saturated rings. The van der Waals surface area contributed by atoms with Crippen LogP contribution in [0, 0.1) is 13.8 Å². The lowest BCUT2D eigenvalue weighted by Gasteiger charge is -2.13. The normalized spacial score (nSPS) is 11.7. The molecule has 3 aromatic rings. The molecule has 3 rings (SSSR count). The first kappa shape index (κ1) is 19.4. The summed E-state index contributed by atoms with van der Waals surface area (Å²) in [5.41, 5.74) is 2.94. The van der Waals surface area contributed by atoms with Gasteiger partial charge in [0.15, 0.2) is 11.8 Å². The van der Waals surface area contributed by atoms with Gasteiger partial charge in [0, 0.05) is 12.1 Å². The minimum absolute atomic E-state index is 0.0667. The van der Waals surface area contributed by atoms with E-state index in [4.69, 9.17) is 9.15 Å². The minimum Gasteiger partial charge on any atom is -0.448 e. The molecule has 0 saturated carbocycles. The fourth-order valence-corrected chi connectivity index (χ4v) is 2.60. The number of rotatable bonds is 6. The number of aryl methyl sites for hydroxylation is 2. The summed E-state index contributed by atoms with van der Waals surface area (Å²) in [6.45, 7) is 5.52. The van der Waals surface area contributed by atoms with Gasteiger partial charge in [0.05, 0.1) is 0 Å². The first-order chi connectivity index (χ1) is 13.4. The summed E-state index contributed by atoms with van der Waals surface area (Å²) in [5, 5.41) is 2.76. The van der Waals surface area contributed by atoms with Gasteiger partial charge in [-0.15, -0.1) is 0 Å². The summed E-state index contributed by atoms with van der Waals surface area (Å²) in [5.74, 6) is -0.391. The smallest absolute Gasteiger partial charge is 0.361 e. The van der Waals surface area contributed by atoms with Gasteiger partial charge in [-0.25, -0.2) is 9.78 Å². The largest absolute Gasteiger partial charge is 0.448 e. The van der Waals surface area contributed by atoms with Crippen LogP contribution in [-0.2, 0) is 16.1 Å². The Balaban J connectivity index is 1.60. The van der Waals surface area contributed by atoms with Crippen LogP contribution < -0.4 is 5.32 Å². The molecule has 0 saturated heterocycles. The number of aromatic nitrogens is 1. The second-order valence-corrected chi connectivity index (χ2v) is 6.54. The van der Waals surface area contributed by atoms with Crippen molar-refractivity contribution in [2.45, 2.75) is 33.4 Å². The Labute approximate surface area is 163 Å². The lowest BCUT2D eigenvalue weighted by Crippen LogP contribution is -2.35. The second kappa shape index (κ2) is 8.52. The fraction of sp³-hybridized carbons (Fsp3) is 0.227. The van der Waals surface area contributed by atoms with Gasteiger partial charge >= 0.3 is 5.97 Å². The molecule has 144 valence electrons. The number of amides is 1. The van der Waals surface area contributed by atoms with Gasteiger partial charge in [0.1, 0.15) is 5.76 Å². The molecule has 1 heterocycles. The van der Waals surface area contributed by atoms with E-state index in [1.54, 1.807) is 6.92 Å². The third-order valence-corrected chi connectivity index (χ3v) is 4.25. The van der Waals surface area contributed by atoms with Gasteiger partial charge in [0.25, 0.3) is 5.91 Å². The lowest BCUT2D eigenvalue weighted by atomic mass is 10.1. The van der Waals surface area contributed by atoms with Crippen molar-refractivity contribution in [1.82, 2.24) is 10.3 Å². The fourth-order valence-electron chi connectivity index (χ4n) is 2.60. The second-order valence-electron chi connectivity index (χ2n) is 6.54. The third-order valence-electron chi connectivity index (χ3n) is 4.25. The molecule has 0 radical (unpaired) electrons. The van der Waals surface area contributed by atoms with Crippen molar-refractivity contribution in [1.29, 1.82) is 0 Å². The Morgan fingerprint density at radius 2 is 1.75 bits per heavy atom. The standard InChI is InChI=1S/C22H22N2O4/c1-14-9-11-17(12-10-14)13-23-20(25)16(3)28-22(26)19-15(2)27-21(24-19)18-7-5-4-6-8-18/h4-12,16H,13H2,1-3H3,(H,23,25)/t16-/m0/s1. The van der Waals surface area contributed by atoms with Crippen molar-refractivity contribution >= 4 is 11.9 Å². The van der Waals surface area contributed by atoms with Crippen LogP contribution in [0.4, 0.5) is 0 Å². The molecule has 6 heteroatoms. The number of ether oxygens (including phenoxy) is 1. The molecule has 28 heavy (non-hydrogen) atoms. The number of benzene rings is 2. The SMILES string of the molecule is Cc1ccc(CNC(=O)[C@H](C)OC(=O)c2nc(-c3ccccc3)oc2C)cc1. The minimum atomic E-state index is -0.950. The number of carbonyl (C=O) groups excluding carboxylic acids is 2. The number of oxazole rings is 1. The lowest BCUT2D eigenvalue weighted by molar-refractivity contribution is -0.129. The van der Waals surface area contributed by atoms with Crippen LogP contribution in [-0.4, -0.2) is 23.0 Å². The number of carbonyl (C=O) groups is 2. The van der Waals surface area contributed by atoms with E-state index >= 15 is 0 Å². The van der Waals surface area contributed by atoms with Crippen molar-refractivity contribution in [3.05, 3.63) is 77.2 Å². The number of hydrogen-bond donors (Lipinski definition) is 1. The Hall–Kier alpha value is -3.41. The summed E-state index contributed by atoms with van der Waals surface area (Å²) in [6.07, 6.45) is -0.950. The number of nitrogens with zero attached hydrogens (tertiary/aromatic N) is 1. The summed E-state index contributed by atoms with van der Waals surface area (Å²) in [4.78, 5) is 28.9. The maximum atomic E-state index is 12.4.